The molecule has 1 heterocycles. The van der Waals surface area contributed by atoms with Crippen molar-refractivity contribution in [3.63, 3.8) is 0 Å². The summed E-state index contributed by atoms with van der Waals surface area (Å²) >= 11 is 12.0. The number of hydrogen-bond acceptors (Lipinski definition) is 4. The van der Waals surface area contributed by atoms with Gasteiger partial charge in [0, 0.05) is 5.56 Å². The summed E-state index contributed by atoms with van der Waals surface area (Å²) < 4.78 is 13.8. The van der Waals surface area contributed by atoms with Crippen LogP contribution in [0.4, 0.5) is 4.39 Å². The van der Waals surface area contributed by atoms with Gasteiger partial charge in [-0.3, -0.25) is 4.79 Å². The maximum atomic E-state index is 13.4. The Morgan fingerprint density at radius 3 is 2.94 bits per heavy atom. The van der Waals surface area contributed by atoms with Gasteiger partial charge in [0.1, 0.15) is 5.82 Å². The quantitative estimate of drug-likeness (QED) is 0.619. The van der Waals surface area contributed by atoms with E-state index in [0.717, 1.165) is 5.01 Å². The van der Waals surface area contributed by atoms with E-state index < -0.39 is 5.82 Å². The summed E-state index contributed by atoms with van der Waals surface area (Å²) in [5.74, 6) is -0.448. The number of nitrogens with zero attached hydrogens (tertiary/aromatic N) is 2. The molecule has 0 saturated carbocycles. The first-order valence-electron chi connectivity index (χ1n) is 4.57. The van der Waals surface area contributed by atoms with Crippen molar-refractivity contribution in [2.24, 2.45) is 5.10 Å². The van der Waals surface area contributed by atoms with Crippen molar-refractivity contribution in [1.82, 2.24) is 5.01 Å². The highest BCUT2D eigenvalue weighted by molar-refractivity contribution is 8.23. The molecule has 0 bridgehead atoms. The highest BCUT2D eigenvalue weighted by Crippen LogP contribution is 2.21. The van der Waals surface area contributed by atoms with Gasteiger partial charge in [0.05, 0.1) is 17.0 Å². The van der Waals surface area contributed by atoms with Crippen LogP contribution in [0.2, 0.25) is 5.02 Å². The van der Waals surface area contributed by atoms with Crippen LogP contribution in [-0.2, 0) is 4.79 Å². The molecule has 1 aliphatic heterocycles. The number of amides is 1. The summed E-state index contributed by atoms with van der Waals surface area (Å²) in [5, 5.41) is 5.16. The summed E-state index contributed by atoms with van der Waals surface area (Å²) in [6, 6.07) is 4.31. The minimum absolute atomic E-state index is 0.140. The fourth-order valence-electron chi connectivity index (χ4n) is 1.21. The van der Waals surface area contributed by atoms with Crippen molar-refractivity contribution in [2.45, 2.75) is 0 Å². The van der Waals surface area contributed by atoms with Crippen molar-refractivity contribution in [3.8, 4) is 0 Å². The third-order valence-electron chi connectivity index (χ3n) is 2.03. The predicted octanol–water partition coefficient (Wildman–Crippen LogP) is 2.67. The third-order valence-corrected chi connectivity index (χ3v) is 3.70. The normalized spacial score (nSPS) is 16.2. The Morgan fingerprint density at radius 2 is 2.35 bits per heavy atom. The Labute approximate surface area is 112 Å². The topological polar surface area (TPSA) is 32.7 Å². The number of hydrazone groups is 1. The molecule has 1 saturated heterocycles. The first kappa shape index (κ1) is 12.5. The molecule has 3 nitrogen and oxygen atoms in total. The second kappa shape index (κ2) is 5.12. The van der Waals surface area contributed by atoms with Gasteiger partial charge in [-0.05, 0) is 12.1 Å². The van der Waals surface area contributed by atoms with E-state index >= 15 is 0 Å². The van der Waals surface area contributed by atoms with Gasteiger partial charge >= 0.3 is 0 Å². The lowest BCUT2D eigenvalue weighted by Crippen LogP contribution is -2.22. The summed E-state index contributed by atoms with van der Waals surface area (Å²) in [6.45, 7) is 0. The number of carbonyl (C=O) groups excluding carboxylic acids is 1. The molecular weight excluding hydrogens is 283 g/mol. The van der Waals surface area contributed by atoms with E-state index in [9.17, 15) is 9.18 Å². The van der Waals surface area contributed by atoms with Gasteiger partial charge < -0.3 is 0 Å². The number of carbonyl (C=O) groups is 1. The number of halogens is 2. The Bertz CT molecular complexity index is 485. The van der Waals surface area contributed by atoms with Gasteiger partial charge in [0.15, 0.2) is 4.32 Å². The molecule has 0 aliphatic carbocycles. The van der Waals surface area contributed by atoms with Crippen LogP contribution in [0.5, 0.6) is 0 Å². The van der Waals surface area contributed by atoms with Crippen LogP contribution in [0.25, 0.3) is 0 Å². The zero-order valence-corrected chi connectivity index (χ0v) is 10.8. The molecule has 1 fully saturated rings. The molecule has 7 heteroatoms. The van der Waals surface area contributed by atoms with Gasteiger partial charge in [-0.25, -0.2) is 4.39 Å². The van der Waals surface area contributed by atoms with Crippen LogP contribution in [-0.4, -0.2) is 27.2 Å². The Morgan fingerprint density at radius 1 is 1.59 bits per heavy atom. The van der Waals surface area contributed by atoms with E-state index in [1.165, 1.54) is 30.1 Å². The summed E-state index contributed by atoms with van der Waals surface area (Å²) in [5.41, 5.74) is 0.140. The van der Waals surface area contributed by atoms with Crippen molar-refractivity contribution >= 4 is 52.0 Å². The number of hydrogen-bond donors (Lipinski definition) is 0. The number of benzene rings is 1. The molecule has 1 aromatic carbocycles. The van der Waals surface area contributed by atoms with Crippen molar-refractivity contribution in [1.29, 1.82) is 0 Å². The van der Waals surface area contributed by atoms with Crippen LogP contribution in [0, 0.1) is 5.82 Å². The van der Waals surface area contributed by atoms with Crippen molar-refractivity contribution < 1.29 is 9.18 Å². The fourth-order valence-corrected chi connectivity index (χ4v) is 2.39. The smallest absolute Gasteiger partial charge is 0.259 e. The van der Waals surface area contributed by atoms with E-state index in [4.69, 9.17) is 23.8 Å². The maximum absolute atomic E-state index is 13.4. The second-order valence-electron chi connectivity index (χ2n) is 3.14. The molecule has 17 heavy (non-hydrogen) atoms. The number of thiocarbonyl (C=S) groups is 1. The number of thioether (sulfide) groups is 1. The molecule has 88 valence electrons. The lowest BCUT2D eigenvalue weighted by atomic mass is 10.2. The minimum Gasteiger partial charge on any atom is -0.272 e. The molecule has 0 atom stereocenters. The van der Waals surface area contributed by atoms with Crippen LogP contribution >= 0.6 is 35.6 Å². The van der Waals surface area contributed by atoms with Gasteiger partial charge in [-0.1, -0.05) is 41.6 Å². The summed E-state index contributed by atoms with van der Waals surface area (Å²) in [6.07, 6.45) is 1.20. The standard InChI is InChI=1S/C10H6ClFN2OS2/c11-7-2-1-3-8(12)6(7)4-13-14-9(15)5-17-10(14)16/h1-4H,5H2. The van der Waals surface area contributed by atoms with Gasteiger partial charge in [-0.2, -0.15) is 10.1 Å². The average Bonchev–Trinajstić information content (AvgIpc) is 2.59. The monoisotopic (exact) mass is 288 g/mol. The van der Waals surface area contributed by atoms with E-state index in [1.54, 1.807) is 6.07 Å². The molecule has 1 amide bonds. The average molecular weight is 289 g/mol. The molecule has 1 aliphatic rings. The van der Waals surface area contributed by atoms with Crippen LogP contribution in [0.3, 0.4) is 0 Å². The zero-order valence-electron chi connectivity index (χ0n) is 8.39. The van der Waals surface area contributed by atoms with Crippen LogP contribution in [0.1, 0.15) is 5.56 Å². The lowest BCUT2D eigenvalue weighted by Gasteiger charge is -2.07. The Kier molecular flexibility index (Phi) is 3.76. The van der Waals surface area contributed by atoms with E-state index in [-0.39, 0.29) is 22.2 Å². The maximum Gasteiger partial charge on any atom is 0.259 e. The van der Waals surface area contributed by atoms with Crippen LogP contribution < -0.4 is 0 Å². The van der Waals surface area contributed by atoms with E-state index in [1.807, 2.05) is 0 Å². The van der Waals surface area contributed by atoms with Crippen molar-refractivity contribution in [2.75, 3.05) is 5.75 Å². The molecule has 0 radical (unpaired) electrons. The first-order valence-corrected chi connectivity index (χ1v) is 6.34. The van der Waals surface area contributed by atoms with Gasteiger partial charge in [-0.15, -0.1) is 0 Å². The van der Waals surface area contributed by atoms with E-state index in [2.05, 4.69) is 5.10 Å². The molecular formula is C10H6ClFN2OS2. The predicted molar refractivity (Wildman–Crippen MR) is 70.9 cm³/mol. The lowest BCUT2D eigenvalue weighted by molar-refractivity contribution is -0.123. The second-order valence-corrected chi connectivity index (χ2v) is 5.16. The molecule has 0 spiro atoms. The molecule has 0 unspecified atom stereocenters. The number of rotatable bonds is 2. The summed E-state index contributed by atoms with van der Waals surface area (Å²) in [4.78, 5) is 11.4. The fraction of sp³-hybridized carbons (Fsp3) is 0.100. The first-order chi connectivity index (χ1) is 8.09. The molecule has 1 aromatic rings. The highest BCUT2D eigenvalue weighted by Gasteiger charge is 2.26. The largest absolute Gasteiger partial charge is 0.272 e. The van der Waals surface area contributed by atoms with Gasteiger partial charge in [0.25, 0.3) is 5.91 Å². The van der Waals surface area contributed by atoms with Crippen LogP contribution in [0.15, 0.2) is 23.3 Å². The van der Waals surface area contributed by atoms with E-state index in [0.29, 0.717) is 4.32 Å². The minimum atomic E-state index is -0.494. The SMILES string of the molecule is O=C1CSC(=S)N1N=Cc1c(F)cccc1Cl. The van der Waals surface area contributed by atoms with Crippen molar-refractivity contribution in [3.05, 3.63) is 34.6 Å². The Hall–Kier alpha value is -0.980. The third kappa shape index (κ3) is 2.65. The highest BCUT2D eigenvalue weighted by atomic mass is 35.5. The molecule has 0 N–H and O–H groups in total. The van der Waals surface area contributed by atoms with Gasteiger partial charge in [0.2, 0.25) is 0 Å². The Balaban J connectivity index is 2.26. The zero-order chi connectivity index (χ0) is 12.4. The molecule has 2 rings (SSSR count). The summed E-state index contributed by atoms with van der Waals surface area (Å²) in [7, 11) is 0. The molecule has 0 aromatic heterocycles.